The van der Waals surface area contributed by atoms with Gasteiger partial charge in [-0.25, -0.2) is 0 Å². The van der Waals surface area contributed by atoms with Gasteiger partial charge in [0.2, 0.25) is 0 Å². The van der Waals surface area contributed by atoms with Crippen LogP contribution in [0.15, 0.2) is 41.4 Å². The van der Waals surface area contributed by atoms with E-state index in [0.717, 1.165) is 29.9 Å². The minimum absolute atomic E-state index is 0.205. The molecule has 6 heteroatoms. The van der Waals surface area contributed by atoms with Crippen LogP contribution in [0.5, 0.6) is 11.5 Å². The van der Waals surface area contributed by atoms with Crippen LogP contribution in [0.1, 0.15) is 49.6 Å². The number of methoxy groups -OCH3 is 2. The molecule has 182 valence electrons. The van der Waals surface area contributed by atoms with Crippen LogP contribution in [-0.2, 0) is 31.0 Å². The second kappa shape index (κ2) is 9.23. The van der Waals surface area contributed by atoms with E-state index in [-0.39, 0.29) is 5.04 Å². The van der Waals surface area contributed by atoms with Crippen LogP contribution in [0, 0.1) is 0 Å². The van der Waals surface area contributed by atoms with E-state index in [0.29, 0.717) is 13.2 Å². The van der Waals surface area contributed by atoms with E-state index < -0.39 is 8.32 Å². The van der Waals surface area contributed by atoms with Gasteiger partial charge in [-0.05, 0) is 72.4 Å². The van der Waals surface area contributed by atoms with E-state index in [4.69, 9.17) is 18.9 Å². The molecule has 0 saturated carbocycles. The van der Waals surface area contributed by atoms with Gasteiger partial charge in [-0.3, -0.25) is 4.99 Å². The molecule has 1 aliphatic carbocycles. The zero-order valence-corrected chi connectivity index (χ0v) is 22.9. The summed E-state index contributed by atoms with van der Waals surface area (Å²) in [5.41, 5.74) is 7.40. The van der Waals surface area contributed by atoms with Crippen molar-refractivity contribution in [2.75, 3.05) is 14.2 Å². The Morgan fingerprint density at radius 3 is 2.44 bits per heavy atom. The third-order valence-corrected chi connectivity index (χ3v) is 12.1. The molecule has 0 aliphatic heterocycles. The number of hydrogen-bond donors (Lipinski definition) is 0. The second-order valence-corrected chi connectivity index (χ2v) is 15.6. The van der Waals surface area contributed by atoms with Crippen molar-refractivity contribution in [1.82, 2.24) is 4.57 Å². The molecule has 5 nitrogen and oxygen atoms in total. The molecule has 0 spiro atoms. The largest absolute Gasteiger partial charge is 0.497 e. The standard InChI is InChI=1S/C28H38N2O3Si/c1-28(2,3)34(7,8)33-18-22-13-21-14-24-19(15-26(21)30(22)4)10-12-25(24)29-17-20-9-11-23(31-5)16-27(20)32-6/h9,11,13-16H,10,12,17-18H2,1-8H3/b29-25-. The van der Waals surface area contributed by atoms with E-state index in [9.17, 15) is 0 Å². The molecule has 0 atom stereocenters. The molecule has 4 rings (SSSR count). The first-order valence-corrected chi connectivity index (χ1v) is 14.9. The van der Waals surface area contributed by atoms with E-state index in [1.807, 2.05) is 18.2 Å². The van der Waals surface area contributed by atoms with Gasteiger partial charge in [0.05, 0.1) is 27.4 Å². The van der Waals surface area contributed by atoms with Gasteiger partial charge in [0.25, 0.3) is 0 Å². The van der Waals surface area contributed by atoms with Gasteiger partial charge in [0, 0.05) is 41.0 Å². The summed E-state index contributed by atoms with van der Waals surface area (Å²) in [7, 11) is 3.71. The Kier molecular flexibility index (Phi) is 6.66. The fraction of sp³-hybridized carbons (Fsp3) is 0.464. The summed E-state index contributed by atoms with van der Waals surface area (Å²) in [4.78, 5) is 5.00. The molecule has 0 radical (unpaired) electrons. The van der Waals surface area contributed by atoms with Crippen LogP contribution in [0.4, 0.5) is 0 Å². The zero-order valence-electron chi connectivity index (χ0n) is 21.9. The monoisotopic (exact) mass is 478 g/mol. The Hall–Kier alpha value is -2.57. The number of benzene rings is 2. The van der Waals surface area contributed by atoms with Gasteiger partial charge in [-0.15, -0.1) is 0 Å². The van der Waals surface area contributed by atoms with Crippen molar-refractivity contribution < 1.29 is 13.9 Å². The SMILES string of the molecule is COc1ccc(C/N=C2/CCc3cc4c(cc32)cc(CO[Si](C)(C)C(C)(C)C)n4C)c(OC)c1. The maximum absolute atomic E-state index is 6.51. The fourth-order valence-corrected chi connectivity index (χ4v) is 5.23. The maximum atomic E-state index is 6.51. The summed E-state index contributed by atoms with van der Waals surface area (Å²) in [6.45, 7) is 12.7. The highest BCUT2D eigenvalue weighted by atomic mass is 28.4. The summed E-state index contributed by atoms with van der Waals surface area (Å²) >= 11 is 0. The first kappa shape index (κ1) is 24.5. The minimum atomic E-state index is -1.80. The number of hydrogen-bond acceptors (Lipinski definition) is 4. The first-order chi connectivity index (χ1) is 16.0. The lowest BCUT2D eigenvalue weighted by atomic mass is 10.1. The summed E-state index contributed by atoms with van der Waals surface area (Å²) in [5.74, 6) is 1.60. The van der Waals surface area contributed by atoms with Crippen LogP contribution < -0.4 is 9.47 Å². The van der Waals surface area contributed by atoms with Gasteiger partial charge in [0.1, 0.15) is 11.5 Å². The molecule has 0 fully saturated rings. The van der Waals surface area contributed by atoms with Crippen molar-refractivity contribution in [2.45, 2.75) is 64.9 Å². The minimum Gasteiger partial charge on any atom is -0.497 e. The van der Waals surface area contributed by atoms with E-state index >= 15 is 0 Å². The molecule has 3 aromatic rings. The smallest absolute Gasteiger partial charge is 0.192 e. The number of aryl methyl sites for hydroxylation is 2. The quantitative estimate of drug-likeness (QED) is 0.357. The van der Waals surface area contributed by atoms with Crippen molar-refractivity contribution in [3.8, 4) is 11.5 Å². The van der Waals surface area contributed by atoms with Crippen molar-refractivity contribution in [2.24, 2.45) is 12.0 Å². The fourth-order valence-electron chi connectivity index (χ4n) is 4.29. The summed E-state index contributed by atoms with van der Waals surface area (Å²) in [5, 5.41) is 1.46. The molecule has 1 aromatic heterocycles. The average Bonchev–Trinajstić information content (AvgIpc) is 3.34. The summed E-state index contributed by atoms with van der Waals surface area (Å²) in [6, 6.07) is 12.9. The normalized spacial score (nSPS) is 15.2. The third kappa shape index (κ3) is 4.66. The molecular weight excluding hydrogens is 440 g/mol. The number of rotatable bonds is 7. The molecule has 2 aromatic carbocycles. The van der Waals surface area contributed by atoms with Gasteiger partial charge < -0.3 is 18.5 Å². The van der Waals surface area contributed by atoms with Gasteiger partial charge in [0.15, 0.2) is 8.32 Å². The van der Waals surface area contributed by atoms with Gasteiger partial charge >= 0.3 is 0 Å². The number of ether oxygens (including phenoxy) is 2. The topological polar surface area (TPSA) is 45.0 Å². The average molecular weight is 479 g/mol. The predicted molar refractivity (Wildman–Crippen MR) is 143 cm³/mol. The molecule has 0 unspecified atom stereocenters. The number of aliphatic imine (C=N–C) groups is 1. The Balaban J connectivity index is 1.59. The summed E-state index contributed by atoms with van der Waals surface area (Å²) < 4.78 is 19.7. The lowest BCUT2D eigenvalue weighted by Crippen LogP contribution is -2.40. The Morgan fingerprint density at radius 2 is 1.76 bits per heavy atom. The number of nitrogens with zero attached hydrogens (tertiary/aromatic N) is 2. The molecule has 34 heavy (non-hydrogen) atoms. The van der Waals surface area contributed by atoms with Gasteiger partial charge in [-0.2, -0.15) is 0 Å². The number of aromatic nitrogens is 1. The molecule has 0 saturated heterocycles. The van der Waals surface area contributed by atoms with E-state index in [1.165, 1.54) is 33.4 Å². The predicted octanol–water partition coefficient (Wildman–Crippen LogP) is 6.65. The van der Waals surface area contributed by atoms with Crippen LogP contribution in [-0.4, -0.2) is 32.8 Å². The molecule has 0 bridgehead atoms. The first-order valence-electron chi connectivity index (χ1n) is 12.0. The molecule has 0 N–H and O–H groups in total. The summed E-state index contributed by atoms with van der Waals surface area (Å²) in [6.07, 6.45) is 2.01. The molecule has 1 heterocycles. The highest BCUT2D eigenvalue weighted by molar-refractivity contribution is 6.74. The molecule has 0 amide bonds. The van der Waals surface area contributed by atoms with Crippen molar-refractivity contribution in [1.29, 1.82) is 0 Å². The highest BCUT2D eigenvalue weighted by Crippen LogP contribution is 2.37. The van der Waals surface area contributed by atoms with E-state index in [2.05, 4.69) is 63.7 Å². The maximum Gasteiger partial charge on any atom is 0.192 e. The lowest BCUT2D eigenvalue weighted by Gasteiger charge is -2.36. The van der Waals surface area contributed by atoms with Crippen molar-refractivity contribution >= 4 is 24.9 Å². The lowest BCUT2D eigenvalue weighted by molar-refractivity contribution is 0.269. The van der Waals surface area contributed by atoms with Crippen LogP contribution in [0.25, 0.3) is 10.9 Å². The van der Waals surface area contributed by atoms with Crippen LogP contribution in [0.2, 0.25) is 18.1 Å². The van der Waals surface area contributed by atoms with Gasteiger partial charge in [-0.1, -0.05) is 20.8 Å². The van der Waals surface area contributed by atoms with Crippen molar-refractivity contribution in [3.63, 3.8) is 0 Å². The van der Waals surface area contributed by atoms with Crippen molar-refractivity contribution in [3.05, 3.63) is 58.8 Å². The second-order valence-electron chi connectivity index (χ2n) is 10.8. The molecular formula is C28H38N2O3Si. The highest BCUT2D eigenvalue weighted by Gasteiger charge is 2.37. The van der Waals surface area contributed by atoms with Crippen LogP contribution >= 0.6 is 0 Å². The Morgan fingerprint density at radius 1 is 1.00 bits per heavy atom. The Bertz CT molecular complexity index is 1230. The Labute approximate surface area is 204 Å². The molecule has 1 aliphatic rings. The van der Waals surface area contributed by atoms with E-state index in [1.54, 1.807) is 14.2 Å². The van der Waals surface area contributed by atoms with Crippen LogP contribution in [0.3, 0.4) is 0 Å². The zero-order chi connectivity index (χ0) is 24.7. The number of fused-ring (bicyclic) bond motifs is 2. The third-order valence-electron chi connectivity index (χ3n) is 7.63.